The van der Waals surface area contributed by atoms with Crippen LogP contribution < -0.4 is 4.74 Å². The summed E-state index contributed by atoms with van der Waals surface area (Å²) in [6.45, 7) is 1.57. The van der Waals surface area contributed by atoms with Gasteiger partial charge in [0, 0.05) is 23.9 Å². The first-order valence-electron chi connectivity index (χ1n) is 9.53. The normalized spacial score (nSPS) is 15.2. The summed E-state index contributed by atoms with van der Waals surface area (Å²) < 4.78 is 37.8. The Bertz CT molecular complexity index is 1160. The number of aromatic nitrogens is 3. The van der Waals surface area contributed by atoms with Crippen LogP contribution in [0.15, 0.2) is 52.5 Å². The fourth-order valence-corrected chi connectivity index (χ4v) is 5.57. The summed E-state index contributed by atoms with van der Waals surface area (Å²) in [5.41, 5.74) is 1.58. The molecule has 0 spiro atoms. The smallest absolute Gasteiger partial charge is 0.243 e. The highest BCUT2D eigenvalue weighted by molar-refractivity contribution is 7.98. The molecule has 4 rings (SSSR count). The Kier molecular flexibility index (Phi) is 6.83. The molecule has 1 fully saturated rings. The SMILES string of the molecule is COc1ccc(Cl)cc1-c1nc(SCc2cccc(S(=O)(=O)N3CCOCC3)c2)n[nH]1. The first-order valence-corrected chi connectivity index (χ1v) is 12.3. The number of H-pyrrole nitrogens is 1. The number of aromatic amines is 1. The van der Waals surface area contributed by atoms with Crippen molar-refractivity contribution in [2.24, 2.45) is 0 Å². The van der Waals surface area contributed by atoms with Gasteiger partial charge in [0.2, 0.25) is 15.2 Å². The number of nitrogens with one attached hydrogen (secondary N) is 1. The molecule has 8 nitrogen and oxygen atoms in total. The molecular weight excluding hydrogens is 460 g/mol. The molecule has 0 aliphatic carbocycles. The minimum absolute atomic E-state index is 0.284. The predicted molar refractivity (Wildman–Crippen MR) is 119 cm³/mol. The standard InChI is InChI=1S/C20H21ClN4O4S2/c1-28-18-6-5-15(21)12-17(18)19-22-20(24-23-19)30-13-14-3-2-4-16(11-14)31(26,27)25-7-9-29-10-8-25/h2-6,11-12H,7-10,13H2,1H3,(H,22,23,24). The van der Waals surface area contributed by atoms with Crippen molar-refractivity contribution in [2.75, 3.05) is 33.4 Å². The van der Waals surface area contributed by atoms with Crippen molar-refractivity contribution < 1.29 is 17.9 Å². The number of halogens is 1. The molecule has 0 atom stereocenters. The minimum atomic E-state index is -3.53. The lowest BCUT2D eigenvalue weighted by Crippen LogP contribution is -2.40. The molecule has 164 valence electrons. The Morgan fingerprint density at radius 2 is 2.03 bits per heavy atom. The summed E-state index contributed by atoms with van der Waals surface area (Å²) in [5, 5.41) is 8.26. The second kappa shape index (κ2) is 9.58. The number of nitrogens with zero attached hydrogens (tertiary/aromatic N) is 3. The molecule has 2 heterocycles. The van der Waals surface area contributed by atoms with E-state index in [1.165, 1.54) is 16.1 Å². The zero-order chi connectivity index (χ0) is 21.8. The lowest BCUT2D eigenvalue weighted by atomic mass is 10.2. The van der Waals surface area contributed by atoms with E-state index in [1.54, 1.807) is 43.5 Å². The number of sulfonamides is 1. The van der Waals surface area contributed by atoms with Crippen LogP contribution in [-0.2, 0) is 20.5 Å². The van der Waals surface area contributed by atoms with Crippen molar-refractivity contribution >= 4 is 33.4 Å². The summed E-state index contributed by atoms with van der Waals surface area (Å²) >= 11 is 7.50. The topological polar surface area (TPSA) is 97.4 Å². The van der Waals surface area contributed by atoms with Gasteiger partial charge in [0.1, 0.15) is 5.75 Å². The Morgan fingerprint density at radius 1 is 1.23 bits per heavy atom. The van der Waals surface area contributed by atoms with E-state index in [0.717, 1.165) is 5.56 Å². The zero-order valence-electron chi connectivity index (χ0n) is 16.7. The number of methoxy groups -OCH3 is 1. The minimum Gasteiger partial charge on any atom is -0.496 e. The molecular formula is C20H21ClN4O4S2. The van der Waals surface area contributed by atoms with Gasteiger partial charge in [-0.15, -0.1) is 5.10 Å². The van der Waals surface area contributed by atoms with Gasteiger partial charge >= 0.3 is 0 Å². The lowest BCUT2D eigenvalue weighted by Gasteiger charge is -2.26. The molecule has 0 bridgehead atoms. The van der Waals surface area contributed by atoms with Crippen molar-refractivity contribution in [3.05, 3.63) is 53.1 Å². The van der Waals surface area contributed by atoms with E-state index in [9.17, 15) is 8.42 Å². The van der Waals surface area contributed by atoms with Gasteiger partial charge in [0.15, 0.2) is 5.82 Å². The van der Waals surface area contributed by atoms with Gasteiger partial charge < -0.3 is 9.47 Å². The number of ether oxygens (including phenoxy) is 2. The second-order valence-electron chi connectivity index (χ2n) is 6.76. The van der Waals surface area contributed by atoms with Crippen LogP contribution in [0.2, 0.25) is 5.02 Å². The van der Waals surface area contributed by atoms with Gasteiger partial charge in [-0.2, -0.15) is 4.31 Å². The van der Waals surface area contributed by atoms with E-state index in [2.05, 4.69) is 15.2 Å². The maximum atomic E-state index is 12.9. The molecule has 2 aromatic carbocycles. The summed E-state index contributed by atoms with van der Waals surface area (Å²) in [6, 6.07) is 12.2. The van der Waals surface area contributed by atoms with E-state index >= 15 is 0 Å². The van der Waals surface area contributed by atoms with Crippen molar-refractivity contribution in [1.82, 2.24) is 19.5 Å². The average molecular weight is 481 g/mol. The molecule has 0 saturated carbocycles. The van der Waals surface area contributed by atoms with Crippen molar-refractivity contribution in [3.63, 3.8) is 0 Å². The maximum absolute atomic E-state index is 12.9. The monoisotopic (exact) mass is 480 g/mol. The molecule has 1 aliphatic rings. The van der Waals surface area contributed by atoms with Gasteiger partial charge in [0.05, 0.1) is 30.8 Å². The Labute approximate surface area is 190 Å². The van der Waals surface area contributed by atoms with E-state index in [4.69, 9.17) is 21.1 Å². The highest BCUT2D eigenvalue weighted by Gasteiger charge is 2.26. The number of benzene rings is 2. The molecule has 0 amide bonds. The molecule has 1 aromatic heterocycles. The first kappa shape index (κ1) is 22.1. The van der Waals surface area contributed by atoms with Crippen molar-refractivity contribution in [3.8, 4) is 17.1 Å². The number of thioether (sulfide) groups is 1. The third-order valence-electron chi connectivity index (χ3n) is 4.76. The Hall–Kier alpha value is -2.11. The Balaban J connectivity index is 1.47. The van der Waals surface area contributed by atoms with Gasteiger partial charge in [-0.05, 0) is 35.9 Å². The fraction of sp³-hybridized carbons (Fsp3) is 0.300. The molecule has 3 aromatic rings. The highest BCUT2D eigenvalue weighted by Crippen LogP contribution is 2.31. The van der Waals surface area contributed by atoms with Crippen LogP contribution in [0.5, 0.6) is 5.75 Å². The number of hydrogen-bond donors (Lipinski definition) is 1. The van der Waals surface area contributed by atoms with Gasteiger partial charge in [-0.1, -0.05) is 35.5 Å². The average Bonchev–Trinajstić information content (AvgIpc) is 3.27. The summed E-state index contributed by atoms with van der Waals surface area (Å²) in [5.74, 6) is 1.71. The second-order valence-corrected chi connectivity index (χ2v) is 10.1. The lowest BCUT2D eigenvalue weighted by molar-refractivity contribution is 0.0730. The highest BCUT2D eigenvalue weighted by atomic mass is 35.5. The molecule has 31 heavy (non-hydrogen) atoms. The fourth-order valence-electron chi connectivity index (χ4n) is 3.18. The van der Waals surface area contributed by atoms with Crippen LogP contribution in [0.4, 0.5) is 0 Å². The van der Waals surface area contributed by atoms with Crippen LogP contribution in [0.3, 0.4) is 0 Å². The molecule has 1 N–H and O–H groups in total. The van der Waals surface area contributed by atoms with Crippen LogP contribution in [0, 0.1) is 0 Å². The van der Waals surface area contributed by atoms with E-state index in [-0.39, 0.29) is 4.90 Å². The van der Waals surface area contributed by atoms with Crippen LogP contribution in [0.25, 0.3) is 11.4 Å². The van der Waals surface area contributed by atoms with E-state index in [1.807, 2.05) is 6.07 Å². The third-order valence-corrected chi connectivity index (χ3v) is 7.80. The largest absolute Gasteiger partial charge is 0.496 e. The molecule has 1 aliphatic heterocycles. The Morgan fingerprint density at radius 3 is 2.81 bits per heavy atom. The number of rotatable bonds is 7. The van der Waals surface area contributed by atoms with Crippen LogP contribution in [-0.4, -0.2) is 61.3 Å². The van der Waals surface area contributed by atoms with Gasteiger partial charge in [-0.3, -0.25) is 5.10 Å². The molecule has 1 saturated heterocycles. The van der Waals surface area contributed by atoms with Gasteiger partial charge in [-0.25, -0.2) is 13.4 Å². The summed E-state index contributed by atoms with van der Waals surface area (Å²) in [6.07, 6.45) is 0. The molecule has 0 unspecified atom stereocenters. The van der Waals surface area contributed by atoms with Crippen molar-refractivity contribution in [1.29, 1.82) is 0 Å². The van der Waals surface area contributed by atoms with E-state index < -0.39 is 10.0 Å². The maximum Gasteiger partial charge on any atom is 0.243 e. The number of morpholine rings is 1. The van der Waals surface area contributed by atoms with Gasteiger partial charge in [0.25, 0.3) is 0 Å². The molecule has 0 radical (unpaired) electrons. The van der Waals surface area contributed by atoms with Crippen molar-refractivity contribution in [2.45, 2.75) is 15.8 Å². The quantitative estimate of drug-likeness (QED) is 0.517. The number of hydrogen-bond acceptors (Lipinski definition) is 7. The molecule has 11 heteroatoms. The van der Waals surface area contributed by atoms with Crippen LogP contribution in [0.1, 0.15) is 5.56 Å². The van der Waals surface area contributed by atoms with Crippen LogP contribution >= 0.6 is 23.4 Å². The third kappa shape index (κ3) is 5.04. The van der Waals surface area contributed by atoms with E-state index in [0.29, 0.717) is 59.4 Å². The zero-order valence-corrected chi connectivity index (χ0v) is 19.1. The predicted octanol–water partition coefficient (Wildman–Crippen LogP) is 3.45. The summed E-state index contributed by atoms with van der Waals surface area (Å²) in [7, 11) is -1.95. The first-order chi connectivity index (χ1) is 15.0. The summed E-state index contributed by atoms with van der Waals surface area (Å²) in [4.78, 5) is 4.79.